The number of rotatable bonds is 1. The zero-order valence-electron chi connectivity index (χ0n) is 6.49. The summed E-state index contributed by atoms with van der Waals surface area (Å²) in [5, 5.41) is 0. The molecule has 0 spiro atoms. The van der Waals surface area contributed by atoms with Crippen LogP contribution in [0, 0.1) is 0 Å². The Morgan fingerprint density at radius 3 is 2.92 bits per heavy atom. The molecule has 0 aromatic heterocycles. The van der Waals surface area contributed by atoms with E-state index in [1.54, 1.807) is 0 Å². The lowest BCUT2D eigenvalue weighted by molar-refractivity contribution is -0.119. The van der Waals surface area contributed by atoms with Crippen molar-refractivity contribution in [3.05, 3.63) is 29.8 Å². The van der Waals surface area contributed by atoms with Gasteiger partial charge in [0.05, 0.1) is 0 Å². The van der Waals surface area contributed by atoms with Gasteiger partial charge >= 0.3 is 0 Å². The number of aldehydes is 1. The van der Waals surface area contributed by atoms with Crippen molar-refractivity contribution >= 4 is 6.29 Å². The van der Waals surface area contributed by atoms with E-state index in [4.69, 9.17) is 10.5 Å². The summed E-state index contributed by atoms with van der Waals surface area (Å²) in [4.78, 5) is 10.5. The highest BCUT2D eigenvalue weighted by molar-refractivity contribution is 5.65. The van der Waals surface area contributed by atoms with Gasteiger partial charge in [0.1, 0.15) is 5.75 Å². The average molecular weight is 163 g/mol. The summed E-state index contributed by atoms with van der Waals surface area (Å²) < 4.78 is 5.25. The zero-order chi connectivity index (χ0) is 8.60. The van der Waals surface area contributed by atoms with Gasteiger partial charge in [-0.1, -0.05) is 18.2 Å². The van der Waals surface area contributed by atoms with Crippen LogP contribution in [0.3, 0.4) is 0 Å². The lowest BCUT2D eigenvalue weighted by Crippen LogP contribution is -2.46. The molecule has 1 aromatic rings. The smallest absolute Gasteiger partial charge is 0.218 e. The van der Waals surface area contributed by atoms with Crippen molar-refractivity contribution in [2.75, 3.05) is 0 Å². The Kier molecular flexibility index (Phi) is 1.41. The molecule has 3 heteroatoms. The minimum atomic E-state index is -1.14. The van der Waals surface area contributed by atoms with Gasteiger partial charge in [0, 0.05) is 12.0 Å². The number of carbonyl (C=O) groups excluding carboxylic acids is 1. The van der Waals surface area contributed by atoms with Crippen LogP contribution in [0.4, 0.5) is 0 Å². The third-order valence-electron chi connectivity index (χ3n) is 1.94. The molecule has 1 aromatic carbocycles. The molecule has 0 aliphatic carbocycles. The second-order valence-electron chi connectivity index (χ2n) is 2.96. The van der Waals surface area contributed by atoms with Crippen LogP contribution in [0.15, 0.2) is 24.3 Å². The summed E-state index contributed by atoms with van der Waals surface area (Å²) in [5.74, 6) is 0.715. The molecule has 0 saturated heterocycles. The molecule has 1 aliphatic rings. The van der Waals surface area contributed by atoms with Crippen LogP contribution in [0.2, 0.25) is 0 Å². The van der Waals surface area contributed by atoms with Crippen LogP contribution in [0.5, 0.6) is 5.75 Å². The molecule has 1 atom stereocenters. The van der Waals surface area contributed by atoms with Crippen molar-refractivity contribution in [2.45, 2.75) is 12.1 Å². The zero-order valence-corrected chi connectivity index (χ0v) is 6.49. The second-order valence-corrected chi connectivity index (χ2v) is 2.96. The monoisotopic (exact) mass is 163 g/mol. The van der Waals surface area contributed by atoms with Gasteiger partial charge in [-0.05, 0) is 6.07 Å². The Morgan fingerprint density at radius 2 is 2.25 bits per heavy atom. The number of para-hydroxylation sites is 1. The number of hydrogen-bond donors (Lipinski definition) is 1. The average Bonchev–Trinajstić information content (AvgIpc) is 2.42. The Hall–Kier alpha value is -1.35. The van der Waals surface area contributed by atoms with Gasteiger partial charge in [0.25, 0.3) is 0 Å². The minimum Gasteiger partial charge on any atom is -0.465 e. The van der Waals surface area contributed by atoms with Gasteiger partial charge in [-0.2, -0.15) is 0 Å². The summed E-state index contributed by atoms with van der Waals surface area (Å²) in [5.41, 5.74) is 5.48. The van der Waals surface area contributed by atoms with Gasteiger partial charge < -0.3 is 4.74 Å². The number of fused-ring (bicyclic) bond motifs is 1. The fourth-order valence-electron chi connectivity index (χ4n) is 1.35. The highest BCUT2D eigenvalue weighted by atomic mass is 16.5. The first-order chi connectivity index (χ1) is 5.73. The molecule has 0 bridgehead atoms. The van der Waals surface area contributed by atoms with E-state index in [0.717, 1.165) is 5.56 Å². The first-order valence-electron chi connectivity index (χ1n) is 3.76. The Balaban J connectivity index is 2.39. The van der Waals surface area contributed by atoms with E-state index in [1.807, 2.05) is 24.3 Å². The molecule has 1 heterocycles. The van der Waals surface area contributed by atoms with E-state index in [2.05, 4.69) is 0 Å². The largest absolute Gasteiger partial charge is 0.465 e. The van der Waals surface area contributed by atoms with Gasteiger partial charge in [-0.3, -0.25) is 10.5 Å². The summed E-state index contributed by atoms with van der Waals surface area (Å²) in [6, 6.07) is 7.48. The van der Waals surface area contributed by atoms with Gasteiger partial charge in [0.2, 0.25) is 5.72 Å². The SMILES string of the molecule is NC1(C=O)Cc2ccccc2O1. The molecule has 12 heavy (non-hydrogen) atoms. The van der Waals surface area contributed by atoms with Crippen LogP contribution in [0.25, 0.3) is 0 Å². The molecule has 0 saturated carbocycles. The van der Waals surface area contributed by atoms with Crippen molar-refractivity contribution in [3.63, 3.8) is 0 Å². The molecular weight excluding hydrogens is 154 g/mol. The van der Waals surface area contributed by atoms with Crippen LogP contribution in [-0.4, -0.2) is 12.0 Å². The third kappa shape index (κ3) is 0.987. The molecule has 3 nitrogen and oxygen atoms in total. The standard InChI is InChI=1S/C9H9NO2/c10-9(6-11)5-7-3-1-2-4-8(7)12-9/h1-4,6H,5,10H2. The van der Waals surface area contributed by atoms with E-state index in [-0.39, 0.29) is 0 Å². The topological polar surface area (TPSA) is 52.3 Å². The summed E-state index contributed by atoms with van der Waals surface area (Å²) >= 11 is 0. The highest BCUT2D eigenvalue weighted by Gasteiger charge is 2.34. The van der Waals surface area contributed by atoms with E-state index in [9.17, 15) is 4.79 Å². The first kappa shape index (κ1) is 7.31. The lowest BCUT2D eigenvalue weighted by atomic mass is 10.1. The van der Waals surface area contributed by atoms with E-state index in [0.29, 0.717) is 18.5 Å². The van der Waals surface area contributed by atoms with Crippen molar-refractivity contribution in [1.29, 1.82) is 0 Å². The summed E-state index contributed by atoms with van der Waals surface area (Å²) in [7, 11) is 0. The molecule has 62 valence electrons. The number of nitrogens with two attached hydrogens (primary N) is 1. The second kappa shape index (κ2) is 2.32. The van der Waals surface area contributed by atoms with Crippen molar-refractivity contribution in [1.82, 2.24) is 0 Å². The van der Waals surface area contributed by atoms with Crippen molar-refractivity contribution < 1.29 is 9.53 Å². The van der Waals surface area contributed by atoms with Crippen LogP contribution < -0.4 is 10.5 Å². The highest BCUT2D eigenvalue weighted by Crippen LogP contribution is 2.30. The van der Waals surface area contributed by atoms with Gasteiger partial charge in [0.15, 0.2) is 6.29 Å². The number of ether oxygens (including phenoxy) is 1. The molecule has 0 amide bonds. The number of benzene rings is 1. The van der Waals surface area contributed by atoms with Crippen LogP contribution in [-0.2, 0) is 11.2 Å². The molecule has 1 unspecified atom stereocenters. The van der Waals surface area contributed by atoms with Gasteiger partial charge in [-0.15, -0.1) is 0 Å². The molecular formula is C9H9NO2. The Morgan fingerprint density at radius 1 is 1.50 bits per heavy atom. The van der Waals surface area contributed by atoms with E-state index >= 15 is 0 Å². The van der Waals surface area contributed by atoms with Gasteiger partial charge in [-0.25, -0.2) is 0 Å². The predicted octanol–water partition coefficient (Wildman–Crippen LogP) is 0.475. The predicted molar refractivity (Wildman–Crippen MR) is 43.8 cm³/mol. The quantitative estimate of drug-likeness (QED) is 0.612. The maximum atomic E-state index is 10.5. The fraction of sp³-hybridized carbons (Fsp3) is 0.222. The molecule has 0 radical (unpaired) electrons. The number of carbonyl (C=O) groups is 1. The Labute approximate surface area is 70.1 Å². The Bertz CT molecular complexity index is 297. The minimum absolute atomic E-state index is 0.465. The van der Waals surface area contributed by atoms with Crippen LogP contribution in [0.1, 0.15) is 5.56 Å². The van der Waals surface area contributed by atoms with E-state index < -0.39 is 5.72 Å². The van der Waals surface area contributed by atoms with Crippen molar-refractivity contribution in [3.8, 4) is 5.75 Å². The van der Waals surface area contributed by atoms with Crippen LogP contribution >= 0.6 is 0 Å². The van der Waals surface area contributed by atoms with Crippen molar-refractivity contribution in [2.24, 2.45) is 5.73 Å². The maximum Gasteiger partial charge on any atom is 0.218 e. The molecule has 0 fully saturated rings. The number of hydrogen-bond acceptors (Lipinski definition) is 3. The summed E-state index contributed by atoms with van der Waals surface area (Å²) in [6.45, 7) is 0. The molecule has 2 rings (SSSR count). The lowest BCUT2D eigenvalue weighted by Gasteiger charge is -2.14. The maximum absolute atomic E-state index is 10.5. The normalized spacial score (nSPS) is 26.1. The molecule has 2 N–H and O–H groups in total. The third-order valence-corrected chi connectivity index (χ3v) is 1.94. The summed E-state index contributed by atoms with van der Waals surface area (Å²) in [6.07, 6.45) is 1.11. The first-order valence-corrected chi connectivity index (χ1v) is 3.76. The molecule has 1 aliphatic heterocycles. The van der Waals surface area contributed by atoms with E-state index in [1.165, 1.54) is 0 Å². The fourth-order valence-corrected chi connectivity index (χ4v) is 1.35.